The summed E-state index contributed by atoms with van der Waals surface area (Å²) < 4.78 is 14.3. The highest BCUT2D eigenvalue weighted by molar-refractivity contribution is 5.90. The van der Waals surface area contributed by atoms with Crippen LogP contribution in [0.4, 0.5) is 0 Å². The van der Waals surface area contributed by atoms with E-state index in [4.69, 9.17) is 9.47 Å². The second-order valence-electron chi connectivity index (χ2n) is 9.04. The Labute approximate surface area is 211 Å². The number of rotatable bonds is 10. The minimum Gasteiger partial charge on any atom is -0.489 e. The highest BCUT2D eigenvalue weighted by Crippen LogP contribution is 2.28. The van der Waals surface area contributed by atoms with Gasteiger partial charge in [0.05, 0.1) is 0 Å². The number of ether oxygens (including phenoxy) is 2. The molecule has 0 fully saturated rings. The fourth-order valence-corrected chi connectivity index (χ4v) is 4.39. The average molecular weight is 476 g/mol. The van der Waals surface area contributed by atoms with Gasteiger partial charge >= 0.3 is 0 Å². The summed E-state index contributed by atoms with van der Waals surface area (Å²) in [6.45, 7) is 3.35. The predicted molar refractivity (Wildman–Crippen MR) is 143 cm³/mol. The molecular formula is C32H29NO3. The van der Waals surface area contributed by atoms with Crippen molar-refractivity contribution in [2.45, 2.75) is 33.1 Å². The molecule has 36 heavy (non-hydrogen) atoms. The Bertz CT molecular complexity index is 1460. The van der Waals surface area contributed by atoms with E-state index in [0.29, 0.717) is 26.2 Å². The first-order valence-electron chi connectivity index (χ1n) is 12.2. The van der Waals surface area contributed by atoms with Crippen molar-refractivity contribution in [2.75, 3.05) is 0 Å². The Kier molecular flexibility index (Phi) is 7.13. The monoisotopic (exact) mass is 475 g/mol. The molecule has 5 rings (SSSR count). The SMILES string of the molecule is CC(=O)Cc1cn(Cc2cccc(OCc3ccccc3)c2)c2ccc(OCc3ccccc3)cc12. The maximum absolute atomic E-state index is 12.0. The van der Waals surface area contributed by atoms with Crippen LogP contribution in [-0.4, -0.2) is 10.4 Å². The zero-order valence-electron chi connectivity index (χ0n) is 20.4. The van der Waals surface area contributed by atoms with Gasteiger partial charge in [0, 0.05) is 30.1 Å². The van der Waals surface area contributed by atoms with Gasteiger partial charge < -0.3 is 14.0 Å². The van der Waals surface area contributed by atoms with Crippen LogP contribution in [0.15, 0.2) is 109 Å². The number of Topliss-reactive ketones (excluding diaryl/α,β-unsaturated/α-hetero) is 1. The number of fused-ring (bicyclic) bond motifs is 1. The molecule has 0 aliphatic rings. The Balaban J connectivity index is 1.36. The van der Waals surface area contributed by atoms with Crippen molar-refractivity contribution in [3.05, 3.63) is 132 Å². The number of hydrogen-bond donors (Lipinski definition) is 0. The first kappa shape index (κ1) is 23.4. The summed E-state index contributed by atoms with van der Waals surface area (Å²) in [4.78, 5) is 12.0. The lowest BCUT2D eigenvalue weighted by molar-refractivity contribution is -0.116. The highest BCUT2D eigenvalue weighted by atomic mass is 16.5. The summed E-state index contributed by atoms with van der Waals surface area (Å²) in [5, 5.41) is 1.05. The Morgan fingerprint density at radius 1 is 0.694 bits per heavy atom. The fourth-order valence-electron chi connectivity index (χ4n) is 4.39. The molecule has 1 heterocycles. The third kappa shape index (κ3) is 5.84. The van der Waals surface area contributed by atoms with Crippen molar-refractivity contribution in [3.8, 4) is 11.5 Å². The minimum atomic E-state index is 0.140. The van der Waals surface area contributed by atoms with E-state index >= 15 is 0 Å². The largest absolute Gasteiger partial charge is 0.489 e. The molecule has 0 aliphatic heterocycles. The van der Waals surface area contributed by atoms with E-state index in [1.807, 2.05) is 72.8 Å². The summed E-state index contributed by atoms with van der Waals surface area (Å²) in [5.41, 5.74) is 5.48. The van der Waals surface area contributed by atoms with Gasteiger partial charge in [-0.25, -0.2) is 0 Å². The Hall–Kier alpha value is -4.31. The number of benzene rings is 4. The molecule has 0 spiro atoms. The zero-order valence-corrected chi connectivity index (χ0v) is 20.4. The maximum atomic E-state index is 12.0. The van der Waals surface area contributed by atoms with Crippen molar-refractivity contribution >= 4 is 16.7 Å². The summed E-state index contributed by atoms with van der Waals surface area (Å²) in [6.07, 6.45) is 2.48. The topological polar surface area (TPSA) is 40.5 Å². The molecule has 0 unspecified atom stereocenters. The Morgan fingerprint density at radius 3 is 1.94 bits per heavy atom. The van der Waals surface area contributed by atoms with Crippen molar-refractivity contribution < 1.29 is 14.3 Å². The van der Waals surface area contributed by atoms with Crippen LogP contribution in [0.1, 0.15) is 29.2 Å². The molecule has 0 N–H and O–H groups in total. The molecule has 0 aliphatic carbocycles. The summed E-state index contributed by atoms with van der Waals surface area (Å²) >= 11 is 0. The summed E-state index contributed by atoms with van der Waals surface area (Å²) in [7, 11) is 0. The van der Waals surface area contributed by atoms with Crippen LogP contribution in [-0.2, 0) is 31.0 Å². The lowest BCUT2D eigenvalue weighted by Crippen LogP contribution is -2.00. The molecule has 0 atom stereocenters. The van der Waals surface area contributed by atoms with Crippen LogP contribution < -0.4 is 9.47 Å². The van der Waals surface area contributed by atoms with Gasteiger partial charge in [0.25, 0.3) is 0 Å². The van der Waals surface area contributed by atoms with Gasteiger partial charge in [-0.15, -0.1) is 0 Å². The molecule has 180 valence electrons. The predicted octanol–water partition coefficient (Wildman–Crippen LogP) is 6.98. The van der Waals surface area contributed by atoms with Gasteiger partial charge in [0.2, 0.25) is 0 Å². The second kappa shape index (κ2) is 11.0. The number of carbonyl (C=O) groups is 1. The molecule has 0 saturated carbocycles. The quantitative estimate of drug-likeness (QED) is 0.219. The highest BCUT2D eigenvalue weighted by Gasteiger charge is 2.12. The van der Waals surface area contributed by atoms with Crippen molar-refractivity contribution in [3.63, 3.8) is 0 Å². The molecule has 4 aromatic carbocycles. The van der Waals surface area contributed by atoms with Gasteiger partial charge in [-0.1, -0.05) is 72.8 Å². The van der Waals surface area contributed by atoms with E-state index in [9.17, 15) is 4.79 Å². The van der Waals surface area contributed by atoms with E-state index < -0.39 is 0 Å². The molecule has 5 aromatic rings. The standard InChI is InChI=1S/C32H29NO3/c1-24(34)17-28-21-33(20-27-13-8-14-29(18-27)35-22-25-9-4-2-5-10-25)32-16-15-30(19-31(28)32)36-23-26-11-6-3-7-12-26/h2-16,18-19,21H,17,20,22-23H2,1H3. The second-order valence-corrected chi connectivity index (χ2v) is 9.04. The van der Waals surface area contributed by atoms with Crippen molar-refractivity contribution in [2.24, 2.45) is 0 Å². The third-order valence-electron chi connectivity index (χ3n) is 6.12. The zero-order chi connectivity index (χ0) is 24.7. The van der Waals surface area contributed by atoms with Crippen LogP contribution >= 0.6 is 0 Å². The van der Waals surface area contributed by atoms with Crippen LogP contribution in [0.2, 0.25) is 0 Å². The average Bonchev–Trinajstić information content (AvgIpc) is 3.23. The number of nitrogens with zero attached hydrogens (tertiary/aromatic N) is 1. The van der Waals surface area contributed by atoms with Gasteiger partial charge in [0.15, 0.2) is 0 Å². The molecular weight excluding hydrogens is 446 g/mol. The number of ketones is 1. The van der Waals surface area contributed by atoms with Crippen LogP contribution in [0.5, 0.6) is 11.5 Å². The molecule has 0 radical (unpaired) electrons. The van der Waals surface area contributed by atoms with Gasteiger partial charge in [-0.2, -0.15) is 0 Å². The molecule has 1 aromatic heterocycles. The number of carbonyl (C=O) groups excluding carboxylic acids is 1. The fraction of sp³-hybridized carbons (Fsp3) is 0.156. The van der Waals surface area contributed by atoms with Gasteiger partial charge in [-0.3, -0.25) is 4.79 Å². The summed E-state index contributed by atoms with van der Waals surface area (Å²) in [6, 6.07) is 34.6. The van der Waals surface area contributed by atoms with Gasteiger partial charge in [0.1, 0.15) is 30.5 Å². The third-order valence-corrected chi connectivity index (χ3v) is 6.12. The molecule has 0 amide bonds. The normalized spacial score (nSPS) is 10.9. The van der Waals surface area contributed by atoms with E-state index in [0.717, 1.165) is 44.7 Å². The molecule has 4 nitrogen and oxygen atoms in total. The first-order chi connectivity index (χ1) is 17.6. The number of aromatic nitrogens is 1. The van der Waals surface area contributed by atoms with Crippen LogP contribution in [0.25, 0.3) is 10.9 Å². The molecule has 0 bridgehead atoms. The Morgan fingerprint density at radius 2 is 1.31 bits per heavy atom. The molecule has 0 saturated heterocycles. The van der Waals surface area contributed by atoms with E-state index in [2.05, 4.69) is 41.1 Å². The first-order valence-corrected chi connectivity index (χ1v) is 12.2. The smallest absolute Gasteiger partial charge is 0.134 e. The van der Waals surface area contributed by atoms with E-state index in [1.54, 1.807) is 6.92 Å². The van der Waals surface area contributed by atoms with Crippen molar-refractivity contribution in [1.82, 2.24) is 4.57 Å². The van der Waals surface area contributed by atoms with E-state index in [1.165, 1.54) is 0 Å². The van der Waals surface area contributed by atoms with Gasteiger partial charge in [-0.05, 0) is 59.5 Å². The van der Waals surface area contributed by atoms with E-state index in [-0.39, 0.29) is 5.78 Å². The lowest BCUT2D eigenvalue weighted by Gasteiger charge is -2.10. The van der Waals surface area contributed by atoms with Crippen molar-refractivity contribution in [1.29, 1.82) is 0 Å². The minimum absolute atomic E-state index is 0.140. The molecule has 4 heteroatoms. The number of hydrogen-bond acceptors (Lipinski definition) is 3. The summed E-state index contributed by atoms with van der Waals surface area (Å²) in [5.74, 6) is 1.78. The van der Waals surface area contributed by atoms with Crippen LogP contribution in [0, 0.1) is 0 Å². The maximum Gasteiger partial charge on any atom is 0.134 e. The van der Waals surface area contributed by atoms with Crippen LogP contribution in [0.3, 0.4) is 0 Å². The lowest BCUT2D eigenvalue weighted by atomic mass is 10.1.